The van der Waals surface area contributed by atoms with Crippen LogP contribution in [0.1, 0.15) is 31.7 Å². The molecule has 0 saturated carbocycles. The van der Waals surface area contributed by atoms with E-state index in [1.165, 1.54) is 19.3 Å². The minimum Gasteiger partial charge on any atom is -0.357 e. The van der Waals surface area contributed by atoms with Gasteiger partial charge in [-0.05, 0) is 44.0 Å². The van der Waals surface area contributed by atoms with Gasteiger partial charge >= 0.3 is 0 Å². The Kier molecular flexibility index (Phi) is 11.0. The van der Waals surface area contributed by atoms with Gasteiger partial charge in [-0.1, -0.05) is 6.92 Å². The normalized spacial score (nSPS) is 15.1. The molecule has 0 aromatic carbocycles. The number of hydrogen-bond donors (Lipinski definition) is 2. The third-order valence-electron chi connectivity index (χ3n) is 3.91. The van der Waals surface area contributed by atoms with Gasteiger partial charge in [0.25, 0.3) is 0 Å². The lowest BCUT2D eigenvalue weighted by molar-refractivity contribution is -0.124. The van der Waals surface area contributed by atoms with Crippen molar-refractivity contribution in [3.05, 3.63) is 23.9 Å². The molecule has 132 valence electrons. The third-order valence-corrected chi connectivity index (χ3v) is 3.91. The van der Waals surface area contributed by atoms with Crippen LogP contribution >= 0.6 is 24.8 Å². The van der Waals surface area contributed by atoms with E-state index in [9.17, 15) is 4.79 Å². The van der Waals surface area contributed by atoms with Crippen molar-refractivity contribution in [3.63, 3.8) is 0 Å². The van der Waals surface area contributed by atoms with E-state index in [0.717, 1.165) is 24.5 Å². The topological polar surface area (TPSA) is 57.3 Å². The Morgan fingerprint density at radius 3 is 2.65 bits per heavy atom. The van der Waals surface area contributed by atoms with Crippen LogP contribution < -0.4 is 15.5 Å². The van der Waals surface area contributed by atoms with Gasteiger partial charge in [-0.3, -0.25) is 4.79 Å². The number of anilines is 1. The summed E-state index contributed by atoms with van der Waals surface area (Å²) in [6.45, 7) is 5.36. The van der Waals surface area contributed by atoms with Crippen LogP contribution in [0.4, 0.5) is 5.82 Å². The number of carbonyl (C=O) groups excluding carboxylic acids is 1. The Morgan fingerprint density at radius 2 is 2.00 bits per heavy atom. The minimum absolute atomic E-state index is 0. The van der Waals surface area contributed by atoms with Gasteiger partial charge < -0.3 is 15.5 Å². The van der Waals surface area contributed by atoms with Gasteiger partial charge in [-0.2, -0.15) is 0 Å². The summed E-state index contributed by atoms with van der Waals surface area (Å²) in [5.74, 6) is 1.10. The molecule has 0 bridgehead atoms. The van der Waals surface area contributed by atoms with E-state index in [-0.39, 0.29) is 36.6 Å². The van der Waals surface area contributed by atoms with Gasteiger partial charge in [0, 0.05) is 38.3 Å². The predicted octanol–water partition coefficient (Wildman–Crippen LogP) is 2.39. The molecule has 1 aliphatic heterocycles. The molecule has 5 nitrogen and oxygen atoms in total. The molecule has 1 aromatic heterocycles. The molecule has 1 aliphatic rings. The van der Waals surface area contributed by atoms with Gasteiger partial charge in [-0.15, -0.1) is 24.8 Å². The number of aromatic nitrogens is 1. The summed E-state index contributed by atoms with van der Waals surface area (Å²) in [6.07, 6.45) is 5.63. The van der Waals surface area contributed by atoms with E-state index in [4.69, 9.17) is 0 Å². The summed E-state index contributed by atoms with van der Waals surface area (Å²) in [5, 5.41) is 6.01. The molecule has 0 spiro atoms. The van der Waals surface area contributed by atoms with Crippen LogP contribution in [-0.2, 0) is 11.3 Å². The summed E-state index contributed by atoms with van der Waals surface area (Å²) < 4.78 is 0. The fourth-order valence-electron chi connectivity index (χ4n) is 2.63. The lowest BCUT2D eigenvalue weighted by atomic mass is 10.1. The SMILES string of the molecule is CNCC(C)C(=O)NCc1ccnc(N2CCCCC2)c1.Cl.Cl. The fraction of sp³-hybridized carbons (Fsp3) is 0.625. The molecule has 0 aliphatic carbocycles. The van der Waals surface area contributed by atoms with Gasteiger partial charge in [0.1, 0.15) is 5.82 Å². The van der Waals surface area contributed by atoms with E-state index in [1.54, 1.807) is 0 Å². The molecule has 2 heterocycles. The number of rotatable bonds is 6. The highest BCUT2D eigenvalue weighted by molar-refractivity contribution is 5.85. The molecule has 1 atom stereocenters. The molecule has 23 heavy (non-hydrogen) atoms. The molecular formula is C16H28Cl2N4O. The quantitative estimate of drug-likeness (QED) is 0.815. The maximum atomic E-state index is 11.9. The van der Waals surface area contributed by atoms with Gasteiger partial charge in [0.2, 0.25) is 5.91 Å². The van der Waals surface area contributed by atoms with E-state index in [0.29, 0.717) is 13.1 Å². The van der Waals surface area contributed by atoms with Crippen molar-refractivity contribution in [1.29, 1.82) is 0 Å². The molecule has 2 N–H and O–H groups in total. The van der Waals surface area contributed by atoms with E-state index >= 15 is 0 Å². The van der Waals surface area contributed by atoms with Crippen molar-refractivity contribution >= 4 is 36.5 Å². The van der Waals surface area contributed by atoms with Crippen LogP contribution in [0.2, 0.25) is 0 Å². The van der Waals surface area contributed by atoms with Crippen LogP contribution in [0.5, 0.6) is 0 Å². The first kappa shape index (κ1) is 22.0. The van der Waals surface area contributed by atoms with Crippen molar-refractivity contribution in [1.82, 2.24) is 15.6 Å². The zero-order chi connectivity index (χ0) is 15.1. The average Bonchev–Trinajstić information content (AvgIpc) is 2.54. The molecular weight excluding hydrogens is 335 g/mol. The van der Waals surface area contributed by atoms with Gasteiger partial charge in [0.15, 0.2) is 0 Å². The van der Waals surface area contributed by atoms with E-state index < -0.39 is 0 Å². The largest absolute Gasteiger partial charge is 0.357 e. The van der Waals surface area contributed by atoms with Crippen LogP contribution in [0.3, 0.4) is 0 Å². The molecule has 1 unspecified atom stereocenters. The average molecular weight is 363 g/mol. The second-order valence-corrected chi connectivity index (χ2v) is 5.75. The molecule has 7 heteroatoms. The Labute approximate surface area is 151 Å². The molecule has 1 aromatic rings. The number of nitrogens with zero attached hydrogens (tertiary/aromatic N) is 2. The maximum Gasteiger partial charge on any atom is 0.224 e. The van der Waals surface area contributed by atoms with E-state index in [2.05, 4.69) is 26.6 Å². The Bertz CT molecular complexity index is 467. The second kappa shape index (κ2) is 11.5. The van der Waals surface area contributed by atoms with E-state index in [1.807, 2.05) is 26.2 Å². The number of piperidine rings is 1. The van der Waals surface area contributed by atoms with Gasteiger partial charge in [0.05, 0.1) is 0 Å². The Hall–Kier alpha value is -1.04. The molecule has 2 rings (SSSR count). The predicted molar refractivity (Wildman–Crippen MR) is 99.7 cm³/mol. The molecule has 0 radical (unpaired) electrons. The molecule has 1 saturated heterocycles. The summed E-state index contributed by atoms with van der Waals surface area (Å²) >= 11 is 0. The first-order chi connectivity index (χ1) is 10.2. The van der Waals surface area contributed by atoms with Crippen LogP contribution in [0.15, 0.2) is 18.3 Å². The third kappa shape index (κ3) is 6.94. The van der Waals surface area contributed by atoms with Crippen molar-refractivity contribution in [2.24, 2.45) is 5.92 Å². The lowest BCUT2D eigenvalue weighted by Gasteiger charge is -2.28. The smallest absolute Gasteiger partial charge is 0.224 e. The zero-order valence-electron chi connectivity index (χ0n) is 13.9. The maximum absolute atomic E-state index is 11.9. The standard InChI is InChI=1S/C16H26N4O.2ClH/c1-13(11-17-2)16(21)19-12-14-6-7-18-15(10-14)20-8-4-3-5-9-20;;/h6-7,10,13,17H,3-5,8-9,11-12H2,1-2H3,(H,19,21);2*1H. The number of carbonyl (C=O) groups is 1. The number of pyridine rings is 1. The first-order valence-electron chi connectivity index (χ1n) is 7.83. The van der Waals surface area contributed by atoms with Crippen LogP contribution in [0.25, 0.3) is 0 Å². The Balaban J connectivity index is 0.00000242. The van der Waals surface area contributed by atoms with Crippen molar-refractivity contribution in [2.45, 2.75) is 32.7 Å². The zero-order valence-corrected chi connectivity index (χ0v) is 15.5. The molecule has 1 amide bonds. The first-order valence-corrected chi connectivity index (χ1v) is 7.83. The van der Waals surface area contributed by atoms with Crippen LogP contribution in [0, 0.1) is 5.92 Å². The van der Waals surface area contributed by atoms with Crippen molar-refractivity contribution < 1.29 is 4.79 Å². The number of halogens is 2. The molecule has 1 fully saturated rings. The minimum atomic E-state index is -0.0154. The van der Waals surface area contributed by atoms with Gasteiger partial charge in [-0.25, -0.2) is 4.98 Å². The highest BCUT2D eigenvalue weighted by Crippen LogP contribution is 2.18. The number of hydrogen-bond acceptors (Lipinski definition) is 4. The van der Waals surface area contributed by atoms with Crippen molar-refractivity contribution in [2.75, 3.05) is 31.6 Å². The monoisotopic (exact) mass is 362 g/mol. The highest BCUT2D eigenvalue weighted by Gasteiger charge is 2.13. The summed E-state index contributed by atoms with van der Waals surface area (Å²) in [7, 11) is 1.86. The second-order valence-electron chi connectivity index (χ2n) is 5.75. The summed E-state index contributed by atoms with van der Waals surface area (Å²) in [5.41, 5.74) is 1.11. The lowest BCUT2D eigenvalue weighted by Crippen LogP contribution is -2.34. The fourth-order valence-corrected chi connectivity index (χ4v) is 2.63. The highest BCUT2D eigenvalue weighted by atomic mass is 35.5. The summed E-state index contributed by atoms with van der Waals surface area (Å²) in [6, 6.07) is 4.06. The summed E-state index contributed by atoms with van der Waals surface area (Å²) in [4.78, 5) is 18.7. The van der Waals surface area contributed by atoms with Crippen molar-refractivity contribution in [3.8, 4) is 0 Å². The number of nitrogens with one attached hydrogen (secondary N) is 2. The number of amides is 1. The van der Waals surface area contributed by atoms with Crippen LogP contribution in [-0.4, -0.2) is 37.6 Å². The Morgan fingerprint density at radius 1 is 1.30 bits per heavy atom.